The minimum atomic E-state index is 0.514. The zero-order valence-electron chi connectivity index (χ0n) is 11.6. The third-order valence-corrected chi connectivity index (χ3v) is 4.43. The van der Waals surface area contributed by atoms with Crippen molar-refractivity contribution in [2.45, 2.75) is 13.5 Å². The Kier molecular flexibility index (Phi) is 4.23. The molecule has 2 aromatic heterocycles. The van der Waals surface area contributed by atoms with E-state index >= 15 is 0 Å². The van der Waals surface area contributed by atoms with Gasteiger partial charge < -0.3 is 5.32 Å². The maximum absolute atomic E-state index is 6.09. The van der Waals surface area contributed by atoms with Crippen molar-refractivity contribution < 1.29 is 0 Å². The molecule has 1 aromatic carbocycles. The molecule has 2 nitrogen and oxygen atoms in total. The van der Waals surface area contributed by atoms with Crippen molar-refractivity contribution in [1.82, 2.24) is 4.98 Å². The van der Waals surface area contributed by atoms with Crippen LogP contribution in [-0.4, -0.2) is 4.98 Å². The Morgan fingerprint density at radius 2 is 1.95 bits per heavy atom. The predicted molar refractivity (Wildman–Crippen MR) is 91.1 cm³/mol. The lowest BCUT2D eigenvalue weighted by Crippen LogP contribution is -1.99. The van der Waals surface area contributed by atoms with E-state index in [-0.39, 0.29) is 0 Å². The molecular formula is C17H15ClN2S. The fourth-order valence-corrected chi connectivity index (χ4v) is 3.12. The first-order valence-corrected chi connectivity index (χ1v) is 7.97. The van der Waals surface area contributed by atoms with Crippen molar-refractivity contribution in [3.63, 3.8) is 0 Å². The molecule has 0 fully saturated rings. The Morgan fingerprint density at radius 3 is 2.76 bits per heavy atom. The van der Waals surface area contributed by atoms with Gasteiger partial charge in [-0.25, -0.2) is 4.98 Å². The summed E-state index contributed by atoms with van der Waals surface area (Å²) in [5.74, 6) is 0. The van der Waals surface area contributed by atoms with Gasteiger partial charge in [-0.05, 0) is 41.1 Å². The second kappa shape index (κ2) is 6.29. The molecule has 0 spiro atoms. The Hall–Kier alpha value is -1.84. The number of thiophene rings is 1. The van der Waals surface area contributed by atoms with E-state index in [1.165, 1.54) is 16.0 Å². The summed E-state index contributed by atoms with van der Waals surface area (Å²) in [5.41, 5.74) is 4.48. The minimum absolute atomic E-state index is 0.514. The first-order valence-electron chi connectivity index (χ1n) is 6.71. The zero-order chi connectivity index (χ0) is 14.7. The largest absolute Gasteiger partial charge is 0.378 e. The van der Waals surface area contributed by atoms with Crippen LogP contribution in [0.25, 0.3) is 11.1 Å². The number of pyridine rings is 1. The van der Waals surface area contributed by atoms with Crippen molar-refractivity contribution >= 4 is 28.6 Å². The van der Waals surface area contributed by atoms with Crippen molar-refractivity contribution in [2.24, 2.45) is 0 Å². The van der Waals surface area contributed by atoms with Gasteiger partial charge in [0.25, 0.3) is 0 Å². The second-order valence-corrected chi connectivity index (χ2v) is 6.23. The van der Waals surface area contributed by atoms with Gasteiger partial charge in [-0.1, -0.05) is 41.9 Å². The molecule has 0 saturated heterocycles. The first-order chi connectivity index (χ1) is 10.2. The van der Waals surface area contributed by atoms with Gasteiger partial charge in [0.2, 0.25) is 0 Å². The number of rotatable bonds is 4. The highest BCUT2D eigenvalue weighted by Gasteiger charge is 2.05. The number of nitrogens with zero attached hydrogens (tertiary/aromatic N) is 1. The quantitative estimate of drug-likeness (QED) is 0.654. The van der Waals surface area contributed by atoms with Gasteiger partial charge in [0, 0.05) is 17.6 Å². The lowest BCUT2D eigenvalue weighted by molar-refractivity contribution is 1.16. The van der Waals surface area contributed by atoms with Crippen LogP contribution in [0.3, 0.4) is 0 Å². The van der Waals surface area contributed by atoms with Crippen LogP contribution in [-0.2, 0) is 6.54 Å². The number of hydrogen-bond acceptors (Lipinski definition) is 3. The highest BCUT2D eigenvalue weighted by Crippen LogP contribution is 2.27. The highest BCUT2D eigenvalue weighted by atomic mass is 35.5. The average Bonchev–Trinajstić information content (AvgIpc) is 2.98. The summed E-state index contributed by atoms with van der Waals surface area (Å²) in [6.45, 7) is 2.76. The fraction of sp³-hybridized carbons (Fsp3) is 0.118. The molecule has 106 valence electrons. The van der Waals surface area contributed by atoms with E-state index in [4.69, 9.17) is 11.6 Å². The molecule has 0 atom stereocenters. The van der Waals surface area contributed by atoms with Crippen LogP contribution in [0.2, 0.25) is 5.15 Å². The molecule has 1 N–H and O–H groups in total. The van der Waals surface area contributed by atoms with Crippen molar-refractivity contribution in [3.8, 4) is 11.1 Å². The monoisotopic (exact) mass is 314 g/mol. The van der Waals surface area contributed by atoms with E-state index < -0.39 is 0 Å². The number of aryl methyl sites for hydroxylation is 1. The van der Waals surface area contributed by atoms with Crippen LogP contribution in [0.15, 0.2) is 54.0 Å². The molecule has 0 bridgehead atoms. The molecule has 0 unspecified atom stereocenters. The van der Waals surface area contributed by atoms with Gasteiger partial charge >= 0.3 is 0 Å². The lowest BCUT2D eigenvalue weighted by Gasteiger charge is -2.07. The minimum Gasteiger partial charge on any atom is -0.378 e. The van der Waals surface area contributed by atoms with E-state index in [0.717, 1.165) is 17.8 Å². The van der Waals surface area contributed by atoms with Crippen LogP contribution < -0.4 is 5.32 Å². The first kappa shape index (κ1) is 14.1. The third kappa shape index (κ3) is 3.43. The summed E-state index contributed by atoms with van der Waals surface area (Å²) in [6.07, 6.45) is 1.77. The summed E-state index contributed by atoms with van der Waals surface area (Å²) < 4.78 is 0. The van der Waals surface area contributed by atoms with Crippen LogP contribution in [0.1, 0.15) is 10.4 Å². The van der Waals surface area contributed by atoms with Gasteiger partial charge in [-0.2, -0.15) is 0 Å². The normalized spacial score (nSPS) is 10.6. The Labute approximate surface area is 133 Å². The van der Waals surface area contributed by atoms with Crippen LogP contribution in [0.5, 0.6) is 0 Å². The summed E-state index contributed by atoms with van der Waals surface area (Å²) in [7, 11) is 0. The number of benzene rings is 1. The van der Waals surface area contributed by atoms with Crippen LogP contribution in [0, 0.1) is 6.92 Å². The van der Waals surface area contributed by atoms with E-state index in [1.807, 2.05) is 19.1 Å². The maximum Gasteiger partial charge on any atom is 0.152 e. The van der Waals surface area contributed by atoms with Crippen molar-refractivity contribution in [1.29, 1.82) is 0 Å². The standard InChI is InChI=1S/C17H15ClN2S/c1-12-7-16(17(18)20-9-12)19-10-15-8-14(11-21-15)13-5-3-2-4-6-13/h2-9,11,19H,10H2,1H3. The lowest BCUT2D eigenvalue weighted by atomic mass is 10.1. The van der Waals surface area contributed by atoms with Gasteiger partial charge in [0.05, 0.1) is 5.69 Å². The van der Waals surface area contributed by atoms with Crippen LogP contribution >= 0.6 is 22.9 Å². The number of nitrogens with one attached hydrogen (secondary N) is 1. The summed E-state index contributed by atoms with van der Waals surface area (Å²) >= 11 is 7.84. The van der Waals surface area contributed by atoms with E-state index in [9.17, 15) is 0 Å². The third-order valence-electron chi connectivity index (χ3n) is 3.19. The summed E-state index contributed by atoms with van der Waals surface area (Å²) in [5, 5.41) is 6.05. The molecule has 3 rings (SSSR count). The molecule has 0 aliphatic rings. The molecule has 3 aromatic rings. The molecule has 4 heteroatoms. The molecular weight excluding hydrogens is 300 g/mol. The van der Waals surface area contributed by atoms with Gasteiger partial charge in [-0.3, -0.25) is 0 Å². The highest BCUT2D eigenvalue weighted by molar-refractivity contribution is 7.10. The fourth-order valence-electron chi connectivity index (χ4n) is 2.11. The van der Waals surface area contributed by atoms with Crippen molar-refractivity contribution in [3.05, 3.63) is 69.6 Å². The second-order valence-electron chi connectivity index (χ2n) is 4.87. The Bertz CT molecular complexity index is 738. The number of aromatic nitrogens is 1. The molecule has 0 aliphatic carbocycles. The molecule has 0 aliphatic heterocycles. The van der Waals surface area contributed by atoms with E-state index in [1.54, 1.807) is 17.5 Å². The zero-order valence-corrected chi connectivity index (χ0v) is 13.2. The molecule has 0 radical (unpaired) electrons. The predicted octanol–water partition coefficient (Wildman–Crippen LogP) is 5.38. The molecule has 0 saturated carbocycles. The van der Waals surface area contributed by atoms with Crippen LogP contribution in [0.4, 0.5) is 5.69 Å². The number of hydrogen-bond donors (Lipinski definition) is 1. The molecule has 0 amide bonds. The summed E-state index contributed by atoms with van der Waals surface area (Å²) in [4.78, 5) is 5.42. The van der Waals surface area contributed by atoms with Crippen molar-refractivity contribution in [2.75, 3.05) is 5.32 Å². The average molecular weight is 315 g/mol. The van der Waals surface area contributed by atoms with E-state index in [0.29, 0.717) is 5.15 Å². The van der Waals surface area contributed by atoms with Gasteiger partial charge in [-0.15, -0.1) is 11.3 Å². The van der Waals surface area contributed by atoms with Gasteiger partial charge in [0.15, 0.2) is 5.15 Å². The Balaban J connectivity index is 1.72. The smallest absolute Gasteiger partial charge is 0.152 e. The molecule has 21 heavy (non-hydrogen) atoms. The number of anilines is 1. The maximum atomic E-state index is 6.09. The summed E-state index contributed by atoms with van der Waals surface area (Å²) in [6, 6.07) is 14.6. The SMILES string of the molecule is Cc1cnc(Cl)c(NCc2cc(-c3ccccc3)cs2)c1. The Morgan fingerprint density at radius 1 is 1.14 bits per heavy atom. The van der Waals surface area contributed by atoms with Gasteiger partial charge in [0.1, 0.15) is 0 Å². The topological polar surface area (TPSA) is 24.9 Å². The molecule has 2 heterocycles. The van der Waals surface area contributed by atoms with E-state index in [2.05, 4.69) is 46.0 Å². The number of halogens is 1.